The maximum Gasteiger partial charge on any atom is 0.409 e. The number of carbonyl (C=O) groups is 1. The third-order valence-electron chi connectivity index (χ3n) is 6.09. The fourth-order valence-corrected chi connectivity index (χ4v) is 6.26. The van der Waals surface area contributed by atoms with Gasteiger partial charge in [-0.2, -0.15) is 0 Å². The summed E-state index contributed by atoms with van der Waals surface area (Å²) in [5.41, 5.74) is 8.73. The van der Waals surface area contributed by atoms with Crippen LogP contribution in [0.4, 0.5) is 10.6 Å². The molecule has 2 N–H and O–H groups in total. The fraction of sp³-hybridized carbons (Fsp3) is 0.500. The lowest BCUT2D eigenvalue weighted by molar-refractivity contribution is 0.108. The van der Waals surface area contributed by atoms with Gasteiger partial charge in [0.1, 0.15) is 11.3 Å². The Morgan fingerprint density at radius 1 is 1.28 bits per heavy atom. The van der Waals surface area contributed by atoms with Gasteiger partial charge in [-0.25, -0.2) is 23.2 Å². The first kappa shape index (κ1) is 22.3. The Labute approximate surface area is 187 Å². The second kappa shape index (κ2) is 8.93. The number of amides is 1. The third kappa shape index (κ3) is 4.23. The van der Waals surface area contributed by atoms with E-state index in [9.17, 15) is 13.2 Å². The monoisotopic (exact) mass is 459 g/mol. The zero-order chi connectivity index (χ0) is 22.9. The molecule has 1 atom stereocenters. The van der Waals surface area contributed by atoms with Gasteiger partial charge >= 0.3 is 6.09 Å². The van der Waals surface area contributed by atoms with E-state index in [-0.39, 0.29) is 17.5 Å². The van der Waals surface area contributed by atoms with Crippen molar-refractivity contribution in [3.05, 3.63) is 30.1 Å². The minimum Gasteiger partial charge on any atom is -0.453 e. The zero-order valence-electron chi connectivity index (χ0n) is 18.5. The van der Waals surface area contributed by atoms with Crippen LogP contribution in [0, 0.1) is 0 Å². The molecule has 1 unspecified atom stereocenters. The van der Waals surface area contributed by atoms with Crippen molar-refractivity contribution in [3.63, 3.8) is 0 Å². The third-order valence-corrected chi connectivity index (χ3v) is 7.84. The summed E-state index contributed by atoms with van der Waals surface area (Å²) in [6.45, 7) is 3.22. The van der Waals surface area contributed by atoms with Crippen LogP contribution in [0.5, 0.6) is 0 Å². The molecule has 172 valence electrons. The van der Waals surface area contributed by atoms with E-state index in [0.717, 1.165) is 35.1 Å². The number of benzene rings is 1. The summed E-state index contributed by atoms with van der Waals surface area (Å²) in [5, 5.41) is 1.01. The van der Waals surface area contributed by atoms with Gasteiger partial charge in [-0.15, -0.1) is 0 Å². The molecule has 9 nitrogen and oxygen atoms in total. The van der Waals surface area contributed by atoms with E-state index in [1.165, 1.54) is 7.11 Å². The lowest BCUT2D eigenvalue weighted by Crippen LogP contribution is -2.41. The van der Waals surface area contributed by atoms with Gasteiger partial charge in [0.15, 0.2) is 15.7 Å². The van der Waals surface area contributed by atoms with Crippen LogP contribution in [-0.2, 0) is 27.5 Å². The highest BCUT2D eigenvalue weighted by Gasteiger charge is 2.34. The van der Waals surface area contributed by atoms with Gasteiger partial charge in [0.2, 0.25) is 0 Å². The molecule has 1 aliphatic rings. The first-order chi connectivity index (χ1) is 15.3. The van der Waals surface area contributed by atoms with Crippen molar-refractivity contribution in [3.8, 4) is 0 Å². The molecule has 2 aromatic heterocycles. The molecule has 0 spiro atoms. The number of unbranched alkanes of at least 4 members (excludes halogenated alkanes) is 1. The Balaban J connectivity index is 1.53. The SMILES string of the molecule is CCc1nc2c(N)nc3ccccc3c2n1CCCCN(C(=O)OC)C1CCS(=O)(=O)C1. The molecule has 10 heteroatoms. The van der Waals surface area contributed by atoms with Crippen molar-refractivity contribution in [2.45, 2.75) is 45.2 Å². The average molecular weight is 460 g/mol. The molecule has 0 radical (unpaired) electrons. The standard InChI is InChI=1S/C22H29N5O4S/c1-3-18-25-19-20(16-8-4-5-9-17(16)24-21(19)23)27(18)12-7-6-11-26(22(28)31-2)15-10-13-32(29,30)14-15/h4-5,8-9,15H,3,6-7,10-14H2,1-2H3,(H2,23,24). The zero-order valence-corrected chi connectivity index (χ0v) is 19.3. The van der Waals surface area contributed by atoms with Crippen LogP contribution in [0.1, 0.15) is 32.0 Å². The van der Waals surface area contributed by atoms with Gasteiger partial charge in [-0.05, 0) is 25.3 Å². The topological polar surface area (TPSA) is 120 Å². The molecule has 1 aromatic carbocycles. The lowest BCUT2D eigenvalue weighted by atomic mass is 10.1. The number of aryl methyl sites for hydroxylation is 2. The Morgan fingerprint density at radius 2 is 2.06 bits per heavy atom. The number of rotatable bonds is 7. The predicted octanol–water partition coefficient (Wildman–Crippen LogP) is 2.76. The smallest absolute Gasteiger partial charge is 0.409 e. The summed E-state index contributed by atoms with van der Waals surface area (Å²) in [4.78, 5) is 23.1. The van der Waals surface area contributed by atoms with Crippen molar-refractivity contribution in [1.82, 2.24) is 19.4 Å². The molecule has 3 aromatic rings. The number of carbonyl (C=O) groups excluding carboxylic acids is 1. The number of methoxy groups -OCH3 is 1. The summed E-state index contributed by atoms with van der Waals surface area (Å²) >= 11 is 0. The van der Waals surface area contributed by atoms with Crippen LogP contribution in [0.15, 0.2) is 24.3 Å². The highest BCUT2D eigenvalue weighted by molar-refractivity contribution is 7.91. The predicted molar refractivity (Wildman–Crippen MR) is 124 cm³/mol. The Kier molecular flexibility index (Phi) is 6.23. The lowest BCUT2D eigenvalue weighted by Gasteiger charge is -2.26. The minimum atomic E-state index is -3.09. The average Bonchev–Trinajstić information content (AvgIpc) is 3.33. The molecule has 1 aliphatic heterocycles. The second-order valence-electron chi connectivity index (χ2n) is 8.17. The van der Waals surface area contributed by atoms with Crippen molar-refractivity contribution in [2.75, 3.05) is 30.9 Å². The van der Waals surface area contributed by atoms with Crippen LogP contribution in [0.25, 0.3) is 21.9 Å². The maximum absolute atomic E-state index is 12.3. The van der Waals surface area contributed by atoms with Crippen LogP contribution in [0.3, 0.4) is 0 Å². The van der Waals surface area contributed by atoms with E-state index in [0.29, 0.717) is 37.3 Å². The summed E-state index contributed by atoms with van der Waals surface area (Å²) in [6, 6.07) is 7.57. The maximum atomic E-state index is 12.3. The Bertz CT molecular complexity index is 1250. The molecule has 1 fully saturated rings. The van der Waals surface area contributed by atoms with Crippen LogP contribution in [-0.4, -0.2) is 65.1 Å². The number of imidazole rings is 1. The summed E-state index contributed by atoms with van der Waals surface area (Å²) in [6.07, 6.45) is 2.26. The van der Waals surface area contributed by atoms with Gasteiger partial charge in [-0.3, -0.25) is 0 Å². The van der Waals surface area contributed by atoms with E-state index in [1.54, 1.807) is 4.90 Å². The second-order valence-corrected chi connectivity index (χ2v) is 10.4. The van der Waals surface area contributed by atoms with Gasteiger partial charge in [0, 0.05) is 30.9 Å². The number of nitrogens with two attached hydrogens (primary N) is 1. The summed E-state index contributed by atoms with van der Waals surface area (Å²) < 4.78 is 30.8. The van der Waals surface area contributed by atoms with Gasteiger partial charge in [-0.1, -0.05) is 25.1 Å². The van der Waals surface area contributed by atoms with E-state index in [2.05, 4.69) is 16.5 Å². The Hall–Kier alpha value is -2.88. The number of nitrogens with zero attached hydrogens (tertiary/aromatic N) is 4. The van der Waals surface area contributed by atoms with Gasteiger partial charge < -0.3 is 19.9 Å². The number of para-hydroxylation sites is 1. The van der Waals surface area contributed by atoms with Crippen LogP contribution < -0.4 is 5.73 Å². The van der Waals surface area contributed by atoms with Crippen LogP contribution >= 0.6 is 0 Å². The largest absolute Gasteiger partial charge is 0.453 e. The molecule has 3 heterocycles. The van der Waals surface area contributed by atoms with E-state index >= 15 is 0 Å². The molecule has 0 bridgehead atoms. The highest BCUT2D eigenvalue weighted by atomic mass is 32.2. The Morgan fingerprint density at radius 3 is 2.75 bits per heavy atom. The number of aromatic nitrogens is 3. The number of sulfone groups is 1. The molecule has 0 aliphatic carbocycles. The van der Waals surface area contributed by atoms with Gasteiger partial charge in [0.05, 0.1) is 29.6 Å². The number of ether oxygens (including phenoxy) is 1. The van der Waals surface area contributed by atoms with Gasteiger partial charge in [0.25, 0.3) is 0 Å². The minimum absolute atomic E-state index is 0.00646. The first-order valence-electron chi connectivity index (χ1n) is 10.9. The molecule has 0 saturated carbocycles. The molecule has 4 rings (SSSR count). The van der Waals surface area contributed by atoms with Crippen molar-refractivity contribution >= 4 is 43.7 Å². The number of anilines is 1. The molecular formula is C22H29N5O4S. The number of hydrogen-bond donors (Lipinski definition) is 1. The number of fused-ring (bicyclic) bond motifs is 3. The highest BCUT2D eigenvalue weighted by Crippen LogP contribution is 2.29. The molecule has 32 heavy (non-hydrogen) atoms. The number of hydrogen-bond acceptors (Lipinski definition) is 7. The summed E-state index contributed by atoms with van der Waals surface area (Å²) in [7, 11) is -1.76. The molecule has 1 amide bonds. The van der Waals surface area contributed by atoms with Crippen molar-refractivity contribution in [2.24, 2.45) is 0 Å². The molecular weight excluding hydrogens is 430 g/mol. The van der Waals surface area contributed by atoms with Crippen molar-refractivity contribution < 1.29 is 17.9 Å². The number of pyridine rings is 1. The first-order valence-corrected chi connectivity index (χ1v) is 12.7. The van der Waals surface area contributed by atoms with E-state index in [4.69, 9.17) is 15.5 Å². The quantitative estimate of drug-likeness (QED) is 0.539. The summed E-state index contributed by atoms with van der Waals surface area (Å²) in [5.74, 6) is 1.49. The van der Waals surface area contributed by atoms with Crippen LogP contribution in [0.2, 0.25) is 0 Å². The number of nitrogen functional groups attached to an aromatic ring is 1. The normalized spacial score (nSPS) is 17.8. The van der Waals surface area contributed by atoms with E-state index < -0.39 is 15.9 Å². The van der Waals surface area contributed by atoms with Crippen molar-refractivity contribution in [1.29, 1.82) is 0 Å². The molecule has 1 saturated heterocycles. The van der Waals surface area contributed by atoms with E-state index in [1.807, 2.05) is 24.3 Å². The fourth-order valence-electron chi connectivity index (χ4n) is 4.53.